The van der Waals surface area contributed by atoms with Gasteiger partial charge in [-0.2, -0.15) is 0 Å². The predicted octanol–water partition coefficient (Wildman–Crippen LogP) is 2.95. The summed E-state index contributed by atoms with van der Waals surface area (Å²) < 4.78 is 53.2. The zero-order valence-electron chi connectivity index (χ0n) is 14.1. The first-order valence-electron chi connectivity index (χ1n) is 8.33. The van der Waals surface area contributed by atoms with Crippen molar-refractivity contribution in [2.24, 2.45) is 5.92 Å². The van der Waals surface area contributed by atoms with Gasteiger partial charge in [0, 0.05) is 19.5 Å². The van der Waals surface area contributed by atoms with Crippen LogP contribution >= 0.6 is 0 Å². The van der Waals surface area contributed by atoms with E-state index >= 15 is 0 Å². The van der Waals surface area contributed by atoms with Gasteiger partial charge >= 0.3 is 0 Å². The lowest BCUT2D eigenvalue weighted by Gasteiger charge is -2.17. The third-order valence-corrected chi connectivity index (χ3v) is 4.43. The lowest BCUT2D eigenvalue weighted by Crippen LogP contribution is -2.34. The number of carbonyl (C=O) groups excluding carboxylic acids is 2. The van der Waals surface area contributed by atoms with E-state index in [9.17, 15) is 27.2 Å². The highest BCUT2D eigenvalue weighted by molar-refractivity contribution is 6.00. The standard InChI is InChI=1S/C19H16F4N2O2/c20-13-3-1-11(2-4-13)7-8-24-19(27)12-9-16(26)25(10-12)15-6-5-14(21)17(22)18(15)23/h1-6,12H,7-10H2,(H,24,27). The molecule has 4 nitrogen and oxygen atoms in total. The molecule has 1 N–H and O–H groups in total. The molecule has 0 aromatic heterocycles. The molecule has 1 fully saturated rings. The van der Waals surface area contributed by atoms with Gasteiger partial charge in [-0.1, -0.05) is 12.1 Å². The van der Waals surface area contributed by atoms with E-state index in [1.807, 2.05) is 0 Å². The lowest BCUT2D eigenvalue weighted by molar-refractivity contribution is -0.126. The van der Waals surface area contributed by atoms with Crippen LogP contribution in [0.4, 0.5) is 23.2 Å². The normalized spacial score (nSPS) is 16.7. The molecule has 3 rings (SSSR count). The Morgan fingerprint density at radius 1 is 1.04 bits per heavy atom. The summed E-state index contributed by atoms with van der Waals surface area (Å²) in [7, 11) is 0. The number of rotatable bonds is 5. The van der Waals surface area contributed by atoms with Crippen molar-refractivity contribution in [1.82, 2.24) is 5.32 Å². The number of halogens is 4. The van der Waals surface area contributed by atoms with Crippen LogP contribution in [0, 0.1) is 29.2 Å². The summed E-state index contributed by atoms with van der Waals surface area (Å²) in [6.07, 6.45) is 0.328. The van der Waals surface area contributed by atoms with E-state index in [1.165, 1.54) is 12.1 Å². The Bertz CT molecular complexity index is 871. The molecule has 0 aliphatic carbocycles. The Kier molecular flexibility index (Phi) is 5.43. The number of hydrogen-bond donors (Lipinski definition) is 1. The van der Waals surface area contributed by atoms with Gasteiger partial charge < -0.3 is 10.2 Å². The third kappa shape index (κ3) is 4.10. The van der Waals surface area contributed by atoms with E-state index in [0.717, 1.165) is 22.6 Å². The molecular formula is C19H16F4N2O2. The van der Waals surface area contributed by atoms with Gasteiger partial charge in [-0.3, -0.25) is 9.59 Å². The Morgan fingerprint density at radius 3 is 2.44 bits per heavy atom. The molecule has 27 heavy (non-hydrogen) atoms. The van der Waals surface area contributed by atoms with Crippen LogP contribution in [0.5, 0.6) is 0 Å². The Balaban J connectivity index is 1.59. The number of amides is 2. The molecule has 0 radical (unpaired) electrons. The van der Waals surface area contributed by atoms with Crippen LogP contribution in [-0.2, 0) is 16.0 Å². The van der Waals surface area contributed by atoms with Crippen molar-refractivity contribution in [3.05, 3.63) is 65.2 Å². The first-order chi connectivity index (χ1) is 12.9. The highest BCUT2D eigenvalue weighted by Gasteiger charge is 2.36. The average Bonchev–Trinajstić information content (AvgIpc) is 3.03. The maximum absolute atomic E-state index is 13.9. The number of hydrogen-bond acceptors (Lipinski definition) is 2. The van der Waals surface area contributed by atoms with Crippen LogP contribution in [-0.4, -0.2) is 24.9 Å². The minimum absolute atomic E-state index is 0.122. The zero-order valence-corrected chi connectivity index (χ0v) is 14.1. The molecule has 1 heterocycles. The van der Waals surface area contributed by atoms with Gasteiger partial charge in [0.1, 0.15) is 5.82 Å². The fourth-order valence-electron chi connectivity index (χ4n) is 2.97. The summed E-state index contributed by atoms with van der Waals surface area (Å²) >= 11 is 0. The van der Waals surface area contributed by atoms with Crippen molar-refractivity contribution >= 4 is 17.5 Å². The number of carbonyl (C=O) groups is 2. The largest absolute Gasteiger partial charge is 0.355 e. The van der Waals surface area contributed by atoms with Crippen LogP contribution in [0.25, 0.3) is 0 Å². The lowest BCUT2D eigenvalue weighted by atomic mass is 10.1. The average molecular weight is 380 g/mol. The molecule has 0 saturated carbocycles. The fourth-order valence-corrected chi connectivity index (χ4v) is 2.97. The van der Waals surface area contributed by atoms with Crippen molar-refractivity contribution in [1.29, 1.82) is 0 Å². The van der Waals surface area contributed by atoms with Gasteiger partial charge in [0.15, 0.2) is 17.5 Å². The highest BCUT2D eigenvalue weighted by Crippen LogP contribution is 2.29. The summed E-state index contributed by atoms with van der Waals surface area (Å²) in [5.41, 5.74) is 0.449. The van der Waals surface area contributed by atoms with Crippen molar-refractivity contribution in [3.8, 4) is 0 Å². The van der Waals surface area contributed by atoms with Gasteiger partial charge in [0.2, 0.25) is 11.8 Å². The summed E-state index contributed by atoms with van der Waals surface area (Å²) in [4.78, 5) is 25.3. The van der Waals surface area contributed by atoms with Crippen molar-refractivity contribution in [3.63, 3.8) is 0 Å². The highest BCUT2D eigenvalue weighted by atomic mass is 19.2. The van der Waals surface area contributed by atoms with Crippen molar-refractivity contribution < 1.29 is 27.2 Å². The SMILES string of the molecule is O=C(NCCc1ccc(F)cc1)C1CC(=O)N(c2ccc(F)c(F)c2F)C1. The van der Waals surface area contributed by atoms with E-state index in [1.54, 1.807) is 12.1 Å². The predicted molar refractivity (Wildman–Crippen MR) is 89.9 cm³/mol. The van der Waals surface area contributed by atoms with Crippen molar-refractivity contribution in [2.75, 3.05) is 18.0 Å². The van der Waals surface area contributed by atoms with E-state index in [2.05, 4.69) is 5.32 Å². The van der Waals surface area contributed by atoms with Gasteiger partial charge in [-0.05, 0) is 36.2 Å². The molecular weight excluding hydrogens is 364 g/mol. The Hall–Kier alpha value is -2.90. The first-order valence-corrected chi connectivity index (χ1v) is 8.33. The minimum Gasteiger partial charge on any atom is -0.355 e. The molecule has 1 atom stereocenters. The number of benzene rings is 2. The number of nitrogens with one attached hydrogen (secondary N) is 1. The second-order valence-electron chi connectivity index (χ2n) is 6.27. The molecule has 142 valence electrons. The number of nitrogens with zero attached hydrogens (tertiary/aromatic N) is 1. The molecule has 8 heteroatoms. The summed E-state index contributed by atoms with van der Waals surface area (Å²) in [6, 6.07) is 7.56. The fraction of sp³-hybridized carbons (Fsp3) is 0.263. The van der Waals surface area contributed by atoms with Crippen LogP contribution in [0.1, 0.15) is 12.0 Å². The first kappa shape index (κ1) is 18.9. The van der Waals surface area contributed by atoms with E-state index < -0.39 is 35.2 Å². The number of anilines is 1. The van der Waals surface area contributed by atoms with Crippen molar-refractivity contribution in [2.45, 2.75) is 12.8 Å². The minimum atomic E-state index is -1.66. The second kappa shape index (κ2) is 7.77. The van der Waals surface area contributed by atoms with Crippen LogP contribution < -0.4 is 10.2 Å². The Labute approximate surface area is 152 Å². The topological polar surface area (TPSA) is 49.4 Å². The van der Waals surface area contributed by atoms with Gasteiger partial charge in [0.25, 0.3) is 0 Å². The summed E-state index contributed by atoms with van der Waals surface area (Å²) in [5, 5.41) is 2.68. The van der Waals surface area contributed by atoms with Crippen LogP contribution in [0.15, 0.2) is 36.4 Å². The molecule has 1 aliphatic rings. The Morgan fingerprint density at radius 2 is 1.74 bits per heavy atom. The molecule has 1 aliphatic heterocycles. The summed E-state index contributed by atoms with van der Waals surface area (Å²) in [6.45, 7) is 0.165. The maximum atomic E-state index is 13.9. The second-order valence-corrected chi connectivity index (χ2v) is 6.27. The van der Waals surface area contributed by atoms with E-state index in [-0.39, 0.29) is 31.0 Å². The molecule has 2 aromatic rings. The molecule has 2 aromatic carbocycles. The molecule has 1 saturated heterocycles. The smallest absolute Gasteiger partial charge is 0.227 e. The third-order valence-electron chi connectivity index (χ3n) is 4.43. The van der Waals surface area contributed by atoms with Gasteiger partial charge in [0.05, 0.1) is 11.6 Å². The monoisotopic (exact) mass is 380 g/mol. The molecule has 1 unspecified atom stereocenters. The summed E-state index contributed by atoms with van der Waals surface area (Å²) in [5.74, 6) is -6.48. The van der Waals surface area contributed by atoms with Crippen LogP contribution in [0.2, 0.25) is 0 Å². The van der Waals surface area contributed by atoms with Gasteiger partial charge in [-0.25, -0.2) is 17.6 Å². The maximum Gasteiger partial charge on any atom is 0.227 e. The van der Waals surface area contributed by atoms with Crippen LogP contribution in [0.3, 0.4) is 0 Å². The van der Waals surface area contributed by atoms with E-state index in [0.29, 0.717) is 6.42 Å². The van der Waals surface area contributed by atoms with Gasteiger partial charge in [-0.15, -0.1) is 0 Å². The van der Waals surface area contributed by atoms with E-state index in [4.69, 9.17) is 0 Å². The zero-order chi connectivity index (χ0) is 19.6. The quantitative estimate of drug-likeness (QED) is 0.641. The molecule has 2 amide bonds. The molecule has 0 bridgehead atoms. The molecule has 0 spiro atoms.